The highest BCUT2D eigenvalue weighted by atomic mass is 16.5. The summed E-state index contributed by atoms with van der Waals surface area (Å²) in [6.45, 7) is 11.1. The highest BCUT2D eigenvalue weighted by molar-refractivity contribution is 5.77. The van der Waals surface area contributed by atoms with Crippen molar-refractivity contribution in [3.8, 4) is 0 Å². The van der Waals surface area contributed by atoms with E-state index >= 15 is 0 Å². The van der Waals surface area contributed by atoms with Gasteiger partial charge in [0.2, 0.25) is 5.91 Å². The molecule has 0 aromatic heterocycles. The zero-order valence-electron chi connectivity index (χ0n) is 11.5. The molecule has 0 aliphatic rings. The number of amides is 1. The molecule has 3 N–H and O–H groups in total. The normalized spacial score (nSPS) is 11.5. The van der Waals surface area contributed by atoms with Crippen molar-refractivity contribution in [3.63, 3.8) is 0 Å². The minimum Gasteiger partial charge on any atom is -0.370 e. The van der Waals surface area contributed by atoms with Gasteiger partial charge in [-0.15, -0.1) is 0 Å². The van der Waals surface area contributed by atoms with E-state index < -0.39 is 0 Å². The summed E-state index contributed by atoms with van der Waals surface area (Å²) in [5, 5.41) is 2.84. The van der Waals surface area contributed by atoms with Crippen molar-refractivity contribution >= 4 is 5.91 Å². The molecule has 0 saturated heterocycles. The highest BCUT2D eigenvalue weighted by Crippen LogP contribution is 2.03. The van der Waals surface area contributed by atoms with E-state index in [1.54, 1.807) is 0 Å². The molecule has 0 aliphatic carbocycles. The molecule has 5 heteroatoms. The van der Waals surface area contributed by atoms with Crippen LogP contribution >= 0.6 is 0 Å². The van der Waals surface area contributed by atoms with Crippen molar-refractivity contribution in [1.82, 2.24) is 10.2 Å². The summed E-state index contributed by atoms with van der Waals surface area (Å²) in [5.74, 6) is -0.0779. The number of nitrogens with zero attached hydrogens (tertiary/aromatic N) is 1. The Morgan fingerprint density at radius 2 is 1.88 bits per heavy atom. The SMILES string of the molecule is CC(C)N(CCNC(=O)COCCN)C(C)C. The summed E-state index contributed by atoms with van der Waals surface area (Å²) >= 11 is 0. The lowest BCUT2D eigenvalue weighted by Gasteiger charge is -2.30. The molecule has 0 aromatic rings. The molecule has 0 fully saturated rings. The molecular weight excluding hydrogens is 218 g/mol. The molecule has 0 atom stereocenters. The molecule has 5 nitrogen and oxygen atoms in total. The zero-order valence-corrected chi connectivity index (χ0v) is 11.5. The van der Waals surface area contributed by atoms with E-state index in [4.69, 9.17) is 10.5 Å². The molecule has 0 bridgehead atoms. The number of rotatable bonds is 9. The summed E-state index contributed by atoms with van der Waals surface area (Å²) in [6, 6.07) is 0.973. The maximum atomic E-state index is 11.3. The summed E-state index contributed by atoms with van der Waals surface area (Å²) in [5.41, 5.74) is 5.26. The second-order valence-electron chi connectivity index (χ2n) is 4.62. The third kappa shape index (κ3) is 8.12. The van der Waals surface area contributed by atoms with Gasteiger partial charge in [0.05, 0.1) is 6.61 Å². The second-order valence-corrected chi connectivity index (χ2v) is 4.62. The first-order valence-corrected chi connectivity index (χ1v) is 6.29. The van der Waals surface area contributed by atoms with Gasteiger partial charge in [-0.25, -0.2) is 0 Å². The number of nitrogens with one attached hydrogen (secondary N) is 1. The van der Waals surface area contributed by atoms with E-state index in [9.17, 15) is 4.79 Å². The van der Waals surface area contributed by atoms with Crippen molar-refractivity contribution in [2.45, 2.75) is 39.8 Å². The predicted molar refractivity (Wildman–Crippen MR) is 69.9 cm³/mol. The summed E-state index contributed by atoms with van der Waals surface area (Å²) in [7, 11) is 0. The number of nitrogens with two attached hydrogens (primary N) is 1. The first kappa shape index (κ1) is 16.4. The molecule has 0 aromatic carbocycles. The van der Waals surface area contributed by atoms with Crippen LogP contribution in [0, 0.1) is 0 Å². The predicted octanol–water partition coefficient (Wildman–Crippen LogP) is 0.197. The second kappa shape index (κ2) is 9.39. The number of hydrogen-bond acceptors (Lipinski definition) is 4. The van der Waals surface area contributed by atoms with Gasteiger partial charge in [-0.3, -0.25) is 9.69 Å². The van der Waals surface area contributed by atoms with E-state index in [2.05, 4.69) is 37.9 Å². The number of hydrogen-bond donors (Lipinski definition) is 2. The van der Waals surface area contributed by atoms with Crippen LogP contribution < -0.4 is 11.1 Å². The maximum absolute atomic E-state index is 11.3. The lowest BCUT2D eigenvalue weighted by molar-refractivity contribution is -0.125. The lowest BCUT2D eigenvalue weighted by atomic mass is 10.2. The summed E-state index contributed by atoms with van der Waals surface area (Å²) < 4.78 is 5.05. The van der Waals surface area contributed by atoms with Crippen molar-refractivity contribution < 1.29 is 9.53 Å². The van der Waals surface area contributed by atoms with Crippen LogP contribution in [0.15, 0.2) is 0 Å². The smallest absolute Gasteiger partial charge is 0.246 e. The van der Waals surface area contributed by atoms with Crippen molar-refractivity contribution in [1.29, 1.82) is 0 Å². The van der Waals surface area contributed by atoms with Crippen LogP contribution in [-0.4, -0.2) is 55.7 Å². The molecule has 1 amide bonds. The van der Waals surface area contributed by atoms with Gasteiger partial charge in [0, 0.05) is 31.7 Å². The highest BCUT2D eigenvalue weighted by Gasteiger charge is 2.12. The number of ether oxygens (including phenoxy) is 1. The molecule has 102 valence electrons. The van der Waals surface area contributed by atoms with Crippen LogP contribution in [0.3, 0.4) is 0 Å². The van der Waals surface area contributed by atoms with Crippen LogP contribution in [0.2, 0.25) is 0 Å². The molecule has 0 aliphatic heterocycles. The maximum Gasteiger partial charge on any atom is 0.246 e. The standard InChI is InChI=1S/C12H27N3O2/c1-10(2)15(11(3)4)7-6-14-12(16)9-17-8-5-13/h10-11H,5-9,13H2,1-4H3,(H,14,16). The minimum atomic E-state index is -0.0779. The largest absolute Gasteiger partial charge is 0.370 e. The fourth-order valence-corrected chi connectivity index (χ4v) is 1.74. The molecule has 0 radical (unpaired) electrons. The first-order chi connectivity index (χ1) is 7.99. The number of carbonyl (C=O) groups is 1. The average Bonchev–Trinajstić information content (AvgIpc) is 2.23. The number of carbonyl (C=O) groups excluding carboxylic acids is 1. The first-order valence-electron chi connectivity index (χ1n) is 6.29. The third-order valence-corrected chi connectivity index (χ3v) is 2.51. The van der Waals surface area contributed by atoms with Crippen LogP contribution in [-0.2, 0) is 9.53 Å². The van der Waals surface area contributed by atoms with Gasteiger partial charge in [-0.05, 0) is 27.7 Å². The Balaban J connectivity index is 3.70. The Kier molecular flexibility index (Phi) is 9.03. The van der Waals surface area contributed by atoms with E-state index in [1.807, 2.05) is 0 Å². The van der Waals surface area contributed by atoms with Gasteiger partial charge in [0.25, 0.3) is 0 Å². The zero-order chi connectivity index (χ0) is 13.3. The van der Waals surface area contributed by atoms with Gasteiger partial charge in [0.1, 0.15) is 6.61 Å². The quantitative estimate of drug-likeness (QED) is 0.569. The van der Waals surface area contributed by atoms with Crippen LogP contribution in [0.4, 0.5) is 0 Å². The molecular formula is C12H27N3O2. The van der Waals surface area contributed by atoms with Crippen molar-refractivity contribution in [3.05, 3.63) is 0 Å². The topological polar surface area (TPSA) is 67.6 Å². The molecule has 0 saturated carbocycles. The van der Waals surface area contributed by atoms with E-state index in [0.717, 1.165) is 6.54 Å². The Hall–Kier alpha value is -0.650. The van der Waals surface area contributed by atoms with E-state index in [1.165, 1.54) is 0 Å². The molecule has 0 rings (SSSR count). The molecule has 0 spiro atoms. The minimum absolute atomic E-state index is 0.0779. The summed E-state index contributed by atoms with van der Waals surface area (Å²) in [4.78, 5) is 13.7. The van der Waals surface area contributed by atoms with Gasteiger partial charge in [0.15, 0.2) is 0 Å². The fourth-order valence-electron chi connectivity index (χ4n) is 1.74. The van der Waals surface area contributed by atoms with Crippen molar-refractivity contribution in [2.75, 3.05) is 32.8 Å². The monoisotopic (exact) mass is 245 g/mol. The Bertz CT molecular complexity index is 200. The Morgan fingerprint density at radius 3 is 2.35 bits per heavy atom. The van der Waals surface area contributed by atoms with E-state index in [-0.39, 0.29) is 12.5 Å². The lowest BCUT2D eigenvalue weighted by Crippen LogP contribution is -2.43. The average molecular weight is 245 g/mol. The Morgan fingerprint density at radius 1 is 1.29 bits per heavy atom. The Labute approximate surface area is 105 Å². The van der Waals surface area contributed by atoms with Gasteiger partial charge in [-0.1, -0.05) is 0 Å². The third-order valence-electron chi connectivity index (χ3n) is 2.51. The van der Waals surface area contributed by atoms with Crippen LogP contribution in [0.25, 0.3) is 0 Å². The molecule has 0 unspecified atom stereocenters. The van der Waals surface area contributed by atoms with Gasteiger partial charge < -0.3 is 15.8 Å². The van der Waals surface area contributed by atoms with Crippen LogP contribution in [0.5, 0.6) is 0 Å². The van der Waals surface area contributed by atoms with Gasteiger partial charge >= 0.3 is 0 Å². The fraction of sp³-hybridized carbons (Fsp3) is 0.917. The van der Waals surface area contributed by atoms with Crippen LogP contribution in [0.1, 0.15) is 27.7 Å². The summed E-state index contributed by atoms with van der Waals surface area (Å²) in [6.07, 6.45) is 0. The molecule has 0 heterocycles. The van der Waals surface area contributed by atoms with Crippen molar-refractivity contribution in [2.24, 2.45) is 5.73 Å². The van der Waals surface area contributed by atoms with E-state index in [0.29, 0.717) is 31.8 Å². The molecule has 17 heavy (non-hydrogen) atoms. The van der Waals surface area contributed by atoms with Gasteiger partial charge in [-0.2, -0.15) is 0 Å².